The molecule has 0 aromatic carbocycles. The molecule has 1 aromatic heterocycles. The molecular weight excluding hydrogens is 765 g/mol. The van der Waals surface area contributed by atoms with E-state index < -0.39 is 6.10 Å². The third-order valence-electron chi connectivity index (χ3n) is 12.0. The van der Waals surface area contributed by atoms with Crippen molar-refractivity contribution in [2.75, 3.05) is 39.5 Å². The van der Waals surface area contributed by atoms with Crippen molar-refractivity contribution < 1.29 is 34.0 Å². The van der Waals surface area contributed by atoms with Gasteiger partial charge in [0.05, 0.1) is 25.9 Å². The second-order valence-electron chi connectivity index (χ2n) is 17.8. The summed E-state index contributed by atoms with van der Waals surface area (Å²) in [6.07, 6.45) is 39.6. The van der Waals surface area contributed by atoms with Gasteiger partial charge in [-0.15, -0.1) is 0 Å². The first-order valence-electron chi connectivity index (χ1n) is 25.8. The molecule has 0 fully saturated rings. The Hall–Kier alpha value is -2.07. The van der Waals surface area contributed by atoms with Gasteiger partial charge in [-0.3, -0.25) is 14.6 Å². The second kappa shape index (κ2) is 43.2. The number of aliphatic hydroxyl groups excluding tert-OH is 2. The van der Waals surface area contributed by atoms with Crippen LogP contribution in [0.1, 0.15) is 244 Å². The summed E-state index contributed by atoms with van der Waals surface area (Å²) < 4.78 is 17.8. The molecule has 1 rings (SSSR count). The molecule has 9 heteroatoms. The molecule has 0 bridgehead atoms. The van der Waals surface area contributed by atoms with Gasteiger partial charge in [0.25, 0.3) is 0 Å². The number of aliphatic hydroxyl groups is 2. The van der Waals surface area contributed by atoms with E-state index >= 15 is 0 Å². The highest BCUT2D eigenvalue weighted by Gasteiger charge is 2.19. The van der Waals surface area contributed by atoms with Crippen molar-refractivity contribution in [1.29, 1.82) is 0 Å². The van der Waals surface area contributed by atoms with Gasteiger partial charge in [0.2, 0.25) is 0 Å². The first-order chi connectivity index (χ1) is 29.9. The van der Waals surface area contributed by atoms with Gasteiger partial charge in [0.15, 0.2) is 0 Å². The molecule has 2 atom stereocenters. The highest BCUT2D eigenvalue weighted by molar-refractivity contribution is 5.69. The minimum atomic E-state index is -0.929. The molecule has 0 saturated carbocycles. The Kier molecular flexibility index (Phi) is 40.3. The maximum Gasteiger partial charge on any atom is 0.306 e. The molecule has 0 aliphatic carbocycles. The molecule has 61 heavy (non-hydrogen) atoms. The van der Waals surface area contributed by atoms with E-state index in [1.807, 2.05) is 12.1 Å². The topological polar surface area (TPSA) is 118 Å². The first-order valence-corrected chi connectivity index (χ1v) is 25.8. The average molecular weight is 861 g/mol. The van der Waals surface area contributed by atoms with Gasteiger partial charge in [0, 0.05) is 31.8 Å². The zero-order valence-electron chi connectivity index (χ0n) is 39.9. The van der Waals surface area contributed by atoms with Crippen LogP contribution in [0, 0.1) is 0 Å². The summed E-state index contributed by atoms with van der Waals surface area (Å²) >= 11 is 0. The molecule has 1 aromatic rings. The largest absolute Gasteiger partial charge is 0.466 e. The lowest BCUT2D eigenvalue weighted by molar-refractivity contribution is -0.150. The predicted molar refractivity (Wildman–Crippen MR) is 253 cm³/mol. The quantitative estimate of drug-likeness (QED) is 0.0488. The summed E-state index contributed by atoms with van der Waals surface area (Å²) in [5, 5.41) is 19.5. The molecule has 356 valence electrons. The standard InChI is InChI=1S/C52H96N2O7/c1-4-7-10-13-16-17-18-24-32-43-59-51(57)35-29-25-31-42-54(44-50(60-46-48(56)45-55)47-37-39-53-40-38-47)41-30-23-19-22-28-36-52(58)61-49(33-26-20-14-11-8-5-2)34-27-21-15-12-9-6-3/h37-40,48-50,55-56H,4-36,41-46H2,1-3H3. The highest BCUT2D eigenvalue weighted by Crippen LogP contribution is 2.21. The maximum atomic E-state index is 12.9. The Morgan fingerprint density at radius 2 is 1.03 bits per heavy atom. The van der Waals surface area contributed by atoms with Crippen molar-refractivity contribution in [3.63, 3.8) is 0 Å². The van der Waals surface area contributed by atoms with E-state index in [9.17, 15) is 19.8 Å². The van der Waals surface area contributed by atoms with Crippen molar-refractivity contribution in [1.82, 2.24) is 9.88 Å². The van der Waals surface area contributed by atoms with Gasteiger partial charge in [-0.1, -0.05) is 162 Å². The lowest BCUT2D eigenvalue weighted by atomic mass is 10.0. The Bertz CT molecular complexity index is 1080. The first kappa shape index (κ1) is 56.9. The number of carbonyl (C=O) groups excluding carboxylic acids is 2. The molecule has 2 unspecified atom stereocenters. The van der Waals surface area contributed by atoms with Crippen LogP contribution in [0.2, 0.25) is 0 Å². The Labute approximate surface area is 375 Å². The van der Waals surface area contributed by atoms with E-state index in [0.29, 0.717) is 26.0 Å². The second-order valence-corrected chi connectivity index (χ2v) is 17.8. The van der Waals surface area contributed by atoms with Crippen LogP contribution < -0.4 is 0 Å². The summed E-state index contributed by atoms with van der Waals surface area (Å²) in [5.41, 5.74) is 0.993. The van der Waals surface area contributed by atoms with Crippen LogP contribution in [0.15, 0.2) is 24.5 Å². The molecule has 0 spiro atoms. The van der Waals surface area contributed by atoms with Gasteiger partial charge in [-0.25, -0.2) is 0 Å². The fraction of sp³-hybridized carbons (Fsp3) is 0.865. The zero-order chi connectivity index (χ0) is 44.3. The van der Waals surface area contributed by atoms with Crippen molar-refractivity contribution in [2.45, 2.75) is 251 Å². The third-order valence-corrected chi connectivity index (χ3v) is 12.0. The molecule has 0 aliphatic heterocycles. The fourth-order valence-corrected chi connectivity index (χ4v) is 8.04. The van der Waals surface area contributed by atoms with Crippen LogP contribution >= 0.6 is 0 Å². The number of ether oxygens (including phenoxy) is 3. The Morgan fingerprint density at radius 1 is 0.590 bits per heavy atom. The normalized spacial score (nSPS) is 12.6. The van der Waals surface area contributed by atoms with Gasteiger partial charge in [-0.2, -0.15) is 0 Å². The van der Waals surface area contributed by atoms with E-state index in [1.54, 1.807) is 12.4 Å². The number of carbonyl (C=O) groups is 2. The third kappa shape index (κ3) is 36.0. The smallest absolute Gasteiger partial charge is 0.306 e. The van der Waals surface area contributed by atoms with Crippen LogP contribution in [0.5, 0.6) is 0 Å². The Balaban J connectivity index is 2.52. The molecule has 0 radical (unpaired) electrons. The zero-order valence-corrected chi connectivity index (χ0v) is 39.9. The van der Waals surface area contributed by atoms with Crippen molar-refractivity contribution >= 4 is 11.9 Å². The van der Waals surface area contributed by atoms with Crippen molar-refractivity contribution in [3.05, 3.63) is 30.1 Å². The molecular formula is C52H96N2O7. The SMILES string of the molecule is CCCCCCCCCCCOC(=O)CCCCCN(CCCCCCCC(=O)OC(CCCCCCCC)CCCCCCCC)CC(OCC(O)CO)c1ccncc1. The van der Waals surface area contributed by atoms with Crippen LogP contribution in [0.25, 0.3) is 0 Å². The molecule has 0 saturated heterocycles. The van der Waals surface area contributed by atoms with E-state index in [0.717, 1.165) is 109 Å². The Morgan fingerprint density at radius 3 is 1.56 bits per heavy atom. The summed E-state index contributed by atoms with van der Waals surface area (Å²) in [5.74, 6) is -0.104. The van der Waals surface area contributed by atoms with Gasteiger partial charge >= 0.3 is 11.9 Å². The van der Waals surface area contributed by atoms with E-state index in [2.05, 4.69) is 30.7 Å². The maximum absolute atomic E-state index is 12.9. The van der Waals surface area contributed by atoms with Crippen LogP contribution in [-0.4, -0.2) is 83.7 Å². The molecule has 9 nitrogen and oxygen atoms in total. The number of unbranched alkanes of at least 4 members (excludes halogenated alkanes) is 24. The number of hydrogen-bond acceptors (Lipinski definition) is 9. The van der Waals surface area contributed by atoms with Crippen LogP contribution in [0.3, 0.4) is 0 Å². The van der Waals surface area contributed by atoms with E-state index in [1.165, 1.54) is 109 Å². The summed E-state index contributed by atoms with van der Waals surface area (Å²) in [4.78, 5) is 31.9. The number of esters is 2. The van der Waals surface area contributed by atoms with Crippen molar-refractivity contribution in [3.8, 4) is 0 Å². The number of pyridine rings is 1. The summed E-state index contributed by atoms with van der Waals surface area (Å²) in [6.45, 7) is 9.46. The lowest BCUT2D eigenvalue weighted by Gasteiger charge is -2.28. The fourth-order valence-electron chi connectivity index (χ4n) is 8.04. The van der Waals surface area contributed by atoms with Crippen LogP contribution in [0.4, 0.5) is 0 Å². The summed E-state index contributed by atoms with van der Waals surface area (Å²) in [7, 11) is 0. The van der Waals surface area contributed by atoms with Gasteiger partial charge in [-0.05, 0) is 88.6 Å². The molecule has 2 N–H and O–H groups in total. The lowest BCUT2D eigenvalue weighted by Crippen LogP contribution is -2.33. The minimum absolute atomic E-state index is 0.0197. The predicted octanol–water partition coefficient (Wildman–Crippen LogP) is 13.2. The number of nitrogens with zero attached hydrogens (tertiary/aromatic N) is 2. The van der Waals surface area contributed by atoms with Crippen molar-refractivity contribution in [2.24, 2.45) is 0 Å². The van der Waals surface area contributed by atoms with E-state index in [4.69, 9.17) is 14.2 Å². The summed E-state index contributed by atoms with van der Waals surface area (Å²) in [6, 6.07) is 3.90. The number of rotatable bonds is 46. The minimum Gasteiger partial charge on any atom is -0.466 e. The average Bonchev–Trinajstić information content (AvgIpc) is 3.27. The number of aromatic nitrogens is 1. The molecule has 1 heterocycles. The van der Waals surface area contributed by atoms with Crippen LogP contribution in [-0.2, 0) is 23.8 Å². The van der Waals surface area contributed by atoms with Gasteiger partial charge < -0.3 is 29.3 Å². The molecule has 0 aliphatic rings. The molecule has 0 amide bonds. The van der Waals surface area contributed by atoms with Gasteiger partial charge in [0.1, 0.15) is 12.2 Å². The number of hydrogen-bond donors (Lipinski definition) is 2. The monoisotopic (exact) mass is 861 g/mol. The highest BCUT2D eigenvalue weighted by atomic mass is 16.5. The van der Waals surface area contributed by atoms with E-state index in [-0.39, 0.29) is 37.4 Å².